The van der Waals surface area contributed by atoms with Crippen molar-refractivity contribution in [2.45, 2.75) is 32.4 Å². The molecule has 0 aromatic heterocycles. The van der Waals surface area contributed by atoms with E-state index < -0.39 is 5.60 Å². The van der Waals surface area contributed by atoms with Crippen molar-refractivity contribution >= 4 is 6.09 Å². The van der Waals surface area contributed by atoms with Crippen LogP contribution in [-0.4, -0.2) is 42.3 Å². The number of carbonyl (C=O) groups excluding carboxylic acids is 1. The van der Waals surface area contributed by atoms with Crippen molar-refractivity contribution in [1.29, 1.82) is 0 Å². The zero-order valence-electron chi connectivity index (χ0n) is 9.54. The Kier molecular flexibility index (Phi) is 3.59. The van der Waals surface area contributed by atoms with Crippen molar-refractivity contribution < 1.29 is 9.53 Å². The van der Waals surface area contributed by atoms with Gasteiger partial charge in [0.15, 0.2) is 0 Å². The predicted molar refractivity (Wildman–Crippen MR) is 58.4 cm³/mol. The van der Waals surface area contributed by atoms with E-state index in [9.17, 15) is 4.79 Å². The highest BCUT2D eigenvalue weighted by atomic mass is 16.6. The highest BCUT2D eigenvalue weighted by molar-refractivity contribution is 5.68. The lowest BCUT2D eigenvalue weighted by Crippen LogP contribution is -2.53. The number of amides is 1. The summed E-state index contributed by atoms with van der Waals surface area (Å²) in [6.07, 6.45) is 5.01. The quantitative estimate of drug-likeness (QED) is 0.602. The summed E-state index contributed by atoms with van der Waals surface area (Å²) in [5.41, 5.74) is -0.451. The molecule has 1 heterocycles. The molecule has 15 heavy (non-hydrogen) atoms. The second kappa shape index (κ2) is 4.54. The van der Waals surface area contributed by atoms with Crippen LogP contribution >= 0.6 is 0 Å². The van der Waals surface area contributed by atoms with Gasteiger partial charge in [0.05, 0.1) is 12.6 Å². The lowest BCUT2D eigenvalue weighted by Gasteiger charge is -2.32. The fourth-order valence-electron chi connectivity index (χ4n) is 1.35. The van der Waals surface area contributed by atoms with Gasteiger partial charge in [-0.1, -0.05) is 5.92 Å². The maximum Gasteiger partial charge on any atom is 0.410 e. The van der Waals surface area contributed by atoms with Crippen LogP contribution in [-0.2, 0) is 4.74 Å². The van der Waals surface area contributed by atoms with Crippen LogP contribution in [0.25, 0.3) is 0 Å². The van der Waals surface area contributed by atoms with Crippen LogP contribution in [0.1, 0.15) is 20.8 Å². The van der Waals surface area contributed by atoms with Gasteiger partial charge in [-0.25, -0.2) is 4.79 Å². The molecule has 1 saturated heterocycles. The number of hydrogen-bond acceptors (Lipinski definition) is 3. The van der Waals surface area contributed by atoms with E-state index in [-0.39, 0.29) is 12.1 Å². The van der Waals surface area contributed by atoms with Gasteiger partial charge < -0.3 is 15.0 Å². The highest BCUT2D eigenvalue weighted by Gasteiger charge is 2.26. The number of rotatable bonds is 0. The van der Waals surface area contributed by atoms with Gasteiger partial charge in [-0.15, -0.1) is 6.42 Å². The van der Waals surface area contributed by atoms with Gasteiger partial charge in [0.25, 0.3) is 0 Å². The van der Waals surface area contributed by atoms with Gasteiger partial charge >= 0.3 is 6.09 Å². The molecule has 0 unspecified atom stereocenters. The highest BCUT2D eigenvalue weighted by Crippen LogP contribution is 2.11. The third-order valence-corrected chi connectivity index (χ3v) is 2.03. The van der Waals surface area contributed by atoms with E-state index in [1.54, 1.807) is 4.90 Å². The molecule has 0 bridgehead atoms. The molecule has 0 aromatic carbocycles. The Bertz CT molecular complexity index is 275. The molecule has 1 aliphatic heterocycles. The number of hydrogen-bond donors (Lipinski definition) is 1. The van der Waals surface area contributed by atoms with Crippen molar-refractivity contribution in [3.8, 4) is 12.3 Å². The second-order valence-corrected chi connectivity index (χ2v) is 4.60. The number of ether oxygens (including phenoxy) is 1. The molecular formula is C11H18N2O2. The fraction of sp³-hybridized carbons (Fsp3) is 0.727. The number of nitrogens with zero attached hydrogens (tertiary/aromatic N) is 1. The van der Waals surface area contributed by atoms with E-state index in [2.05, 4.69) is 11.2 Å². The van der Waals surface area contributed by atoms with E-state index in [4.69, 9.17) is 11.2 Å². The monoisotopic (exact) mass is 210 g/mol. The average Bonchev–Trinajstić information content (AvgIpc) is 2.15. The molecule has 0 aliphatic carbocycles. The Balaban J connectivity index is 2.50. The van der Waals surface area contributed by atoms with Crippen LogP contribution in [0.2, 0.25) is 0 Å². The SMILES string of the molecule is C#C[C@H]1CN(C(=O)OC(C)(C)C)CCN1. The van der Waals surface area contributed by atoms with Gasteiger partial charge in [-0.3, -0.25) is 0 Å². The molecule has 0 radical (unpaired) electrons. The predicted octanol–water partition coefficient (Wildman–Crippen LogP) is 0.828. The zero-order chi connectivity index (χ0) is 11.5. The summed E-state index contributed by atoms with van der Waals surface area (Å²) in [5.74, 6) is 2.59. The number of terminal acetylenes is 1. The molecule has 4 heteroatoms. The molecule has 0 aromatic rings. The lowest BCUT2D eigenvalue weighted by atomic mass is 10.2. The van der Waals surface area contributed by atoms with E-state index in [0.29, 0.717) is 19.6 Å². The van der Waals surface area contributed by atoms with Crippen molar-refractivity contribution in [1.82, 2.24) is 10.2 Å². The summed E-state index contributed by atoms with van der Waals surface area (Å²) in [7, 11) is 0. The van der Waals surface area contributed by atoms with Crippen LogP contribution in [0.15, 0.2) is 0 Å². The van der Waals surface area contributed by atoms with E-state index in [0.717, 1.165) is 0 Å². The minimum atomic E-state index is -0.451. The lowest BCUT2D eigenvalue weighted by molar-refractivity contribution is 0.0212. The van der Waals surface area contributed by atoms with Crippen LogP contribution in [0.5, 0.6) is 0 Å². The Morgan fingerprint density at radius 3 is 2.80 bits per heavy atom. The number of nitrogens with one attached hydrogen (secondary N) is 1. The first-order valence-corrected chi connectivity index (χ1v) is 5.10. The van der Waals surface area contributed by atoms with Crippen LogP contribution in [0.3, 0.4) is 0 Å². The molecule has 1 N–H and O–H groups in total. The van der Waals surface area contributed by atoms with Gasteiger partial charge in [0.1, 0.15) is 5.60 Å². The smallest absolute Gasteiger partial charge is 0.410 e. The number of piperazine rings is 1. The van der Waals surface area contributed by atoms with Gasteiger partial charge in [0.2, 0.25) is 0 Å². The topological polar surface area (TPSA) is 41.6 Å². The summed E-state index contributed by atoms with van der Waals surface area (Å²) >= 11 is 0. The number of carbonyl (C=O) groups is 1. The minimum absolute atomic E-state index is 0.0636. The average molecular weight is 210 g/mol. The summed E-state index contributed by atoms with van der Waals surface area (Å²) < 4.78 is 5.26. The summed E-state index contributed by atoms with van der Waals surface area (Å²) in [4.78, 5) is 13.3. The van der Waals surface area contributed by atoms with E-state index >= 15 is 0 Å². The van der Waals surface area contributed by atoms with Crippen molar-refractivity contribution in [3.63, 3.8) is 0 Å². The third kappa shape index (κ3) is 3.80. The standard InChI is InChI=1S/C11H18N2O2/c1-5-9-8-13(7-6-12-9)10(14)15-11(2,3)4/h1,9,12H,6-8H2,2-4H3/t9-/m0/s1. The van der Waals surface area contributed by atoms with Crippen molar-refractivity contribution in [2.24, 2.45) is 0 Å². The Morgan fingerprint density at radius 1 is 1.60 bits per heavy atom. The third-order valence-electron chi connectivity index (χ3n) is 2.03. The molecule has 1 fully saturated rings. The summed E-state index contributed by atoms with van der Waals surface area (Å²) in [6.45, 7) is 7.44. The summed E-state index contributed by atoms with van der Waals surface area (Å²) in [5, 5.41) is 3.13. The first-order chi connectivity index (χ1) is 6.92. The van der Waals surface area contributed by atoms with Gasteiger partial charge in [-0.2, -0.15) is 0 Å². The zero-order valence-corrected chi connectivity index (χ0v) is 9.54. The molecule has 0 saturated carbocycles. The first-order valence-electron chi connectivity index (χ1n) is 5.10. The van der Waals surface area contributed by atoms with Crippen molar-refractivity contribution in [2.75, 3.05) is 19.6 Å². The molecule has 4 nitrogen and oxygen atoms in total. The normalized spacial score (nSPS) is 22.0. The van der Waals surface area contributed by atoms with Crippen LogP contribution in [0.4, 0.5) is 4.79 Å². The van der Waals surface area contributed by atoms with Crippen LogP contribution < -0.4 is 5.32 Å². The largest absolute Gasteiger partial charge is 0.444 e. The molecule has 0 spiro atoms. The Morgan fingerprint density at radius 2 is 2.27 bits per heavy atom. The van der Waals surface area contributed by atoms with E-state index in [1.165, 1.54) is 0 Å². The Hall–Kier alpha value is -1.21. The minimum Gasteiger partial charge on any atom is -0.444 e. The molecule has 1 aliphatic rings. The van der Waals surface area contributed by atoms with Crippen molar-refractivity contribution in [3.05, 3.63) is 0 Å². The van der Waals surface area contributed by atoms with Crippen LogP contribution in [0, 0.1) is 12.3 Å². The van der Waals surface area contributed by atoms with Gasteiger partial charge in [-0.05, 0) is 20.8 Å². The van der Waals surface area contributed by atoms with E-state index in [1.807, 2.05) is 20.8 Å². The molecule has 84 valence electrons. The Labute approximate surface area is 91.0 Å². The maximum atomic E-state index is 11.7. The first kappa shape index (κ1) is 11.9. The molecular weight excluding hydrogens is 192 g/mol. The molecule has 1 rings (SSSR count). The second-order valence-electron chi connectivity index (χ2n) is 4.60. The summed E-state index contributed by atoms with van der Waals surface area (Å²) in [6, 6.07) is -0.0636. The molecule has 1 amide bonds. The molecule has 1 atom stereocenters. The fourth-order valence-corrected chi connectivity index (χ4v) is 1.35. The maximum absolute atomic E-state index is 11.7. The van der Waals surface area contributed by atoms with Gasteiger partial charge in [0, 0.05) is 13.1 Å².